The lowest BCUT2D eigenvalue weighted by Crippen LogP contribution is -2.29. The molecule has 0 spiro atoms. The maximum Gasteiger partial charge on any atom is 0.339 e. The van der Waals surface area contributed by atoms with E-state index in [1.165, 1.54) is 0 Å². The van der Waals surface area contributed by atoms with Crippen LogP contribution in [0.5, 0.6) is 0 Å². The van der Waals surface area contributed by atoms with E-state index in [9.17, 15) is 19.4 Å². The Labute approximate surface area is 142 Å². The van der Waals surface area contributed by atoms with Crippen molar-refractivity contribution in [3.05, 3.63) is 0 Å². The van der Waals surface area contributed by atoms with Crippen LogP contribution >= 0.6 is 7.60 Å². The summed E-state index contributed by atoms with van der Waals surface area (Å²) in [5.74, 6) is -1.19. The van der Waals surface area contributed by atoms with Crippen molar-refractivity contribution in [1.82, 2.24) is 0 Å². The molecule has 3 N–H and O–H groups in total. The molecule has 24 heavy (non-hydrogen) atoms. The molecule has 0 amide bonds. The first-order valence-electron chi connectivity index (χ1n) is 8.05. The topological polar surface area (TPSA) is 123 Å². The zero-order valence-electron chi connectivity index (χ0n) is 13.6. The summed E-state index contributed by atoms with van der Waals surface area (Å²) in [5, 5.41) is 18.4. The van der Waals surface area contributed by atoms with Crippen LogP contribution in [0.15, 0.2) is 0 Å². The number of carboxylic acids is 1. The number of hydrogen-bond donors (Lipinski definition) is 3. The molecule has 1 aliphatic heterocycles. The first-order chi connectivity index (χ1) is 11.2. The van der Waals surface area contributed by atoms with Crippen molar-refractivity contribution < 1.29 is 38.5 Å². The van der Waals surface area contributed by atoms with Gasteiger partial charge in [-0.3, -0.25) is 9.36 Å². The molecule has 1 aliphatic carbocycles. The summed E-state index contributed by atoms with van der Waals surface area (Å²) in [6, 6.07) is -0.493. The Morgan fingerprint density at radius 3 is 2.62 bits per heavy atom. The number of hydrogen-bond acceptors (Lipinski definition) is 6. The third kappa shape index (κ3) is 5.83. The number of aliphatic hydroxyl groups excluding tert-OH is 1. The number of rotatable bonds is 8. The molecule has 1 heterocycles. The second kappa shape index (κ2) is 8.30. The molecule has 8 nitrogen and oxygen atoms in total. The third-order valence-electron chi connectivity index (χ3n) is 4.37. The highest BCUT2D eigenvalue weighted by atomic mass is 31.2. The number of carbonyl (C=O) groups is 1. The molecule has 0 aromatic carbocycles. The standard InChI is InChI=1S/C14H24BO8P/c1-8-2-9(5-21-6-12-10(16)4-13(15)22-12)11(3-8)23-24(19,20)7-14(17)18/h8-13,16H,2-7H2,1H3,(H,17,18)(H,19,20)/t8-,9?,10?,11?,12?,13?/m1/s1. The molecule has 7 atom stereocenters. The molecule has 2 fully saturated rings. The fourth-order valence-corrected chi connectivity index (χ4v) is 4.42. The molecule has 2 aliphatic rings. The Hall–Kier alpha value is -0.435. The molecule has 6 unspecified atom stereocenters. The molecule has 10 heteroatoms. The summed E-state index contributed by atoms with van der Waals surface area (Å²) in [4.78, 5) is 20.3. The first-order valence-corrected chi connectivity index (χ1v) is 9.81. The molecule has 1 saturated carbocycles. The van der Waals surface area contributed by atoms with Gasteiger partial charge in [0.25, 0.3) is 0 Å². The average molecular weight is 362 g/mol. The molecule has 0 bridgehead atoms. The van der Waals surface area contributed by atoms with Crippen molar-refractivity contribution in [2.45, 2.75) is 50.5 Å². The van der Waals surface area contributed by atoms with E-state index in [0.29, 0.717) is 12.8 Å². The fraction of sp³-hybridized carbons (Fsp3) is 0.929. The van der Waals surface area contributed by atoms with Gasteiger partial charge >= 0.3 is 13.6 Å². The monoisotopic (exact) mass is 362 g/mol. The second-order valence-corrected chi connectivity index (χ2v) is 8.53. The smallest absolute Gasteiger partial charge is 0.339 e. The van der Waals surface area contributed by atoms with Gasteiger partial charge in [0.15, 0.2) is 0 Å². The van der Waals surface area contributed by atoms with Crippen LogP contribution in [0.3, 0.4) is 0 Å². The Kier molecular flexibility index (Phi) is 6.87. The van der Waals surface area contributed by atoms with Crippen molar-refractivity contribution in [1.29, 1.82) is 0 Å². The zero-order chi connectivity index (χ0) is 17.9. The van der Waals surface area contributed by atoms with Crippen molar-refractivity contribution in [3.63, 3.8) is 0 Å². The van der Waals surface area contributed by atoms with E-state index >= 15 is 0 Å². The van der Waals surface area contributed by atoms with E-state index in [1.54, 1.807) is 0 Å². The van der Waals surface area contributed by atoms with E-state index < -0.39 is 44.0 Å². The van der Waals surface area contributed by atoms with E-state index in [2.05, 4.69) is 0 Å². The Balaban J connectivity index is 1.82. The number of aliphatic carboxylic acids is 1. The molecule has 0 aromatic heterocycles. The summed E-state index contributed by atoms with van der Waals surface area (Å²) < 4.78 is 28.0. The zero-order valence-corrected chi connectivity index (χ0v) is 14.5. The van der Waals surface area contributed by atoms with Crippen molar-refractivity contribution in [3.8, 4) is 0 Å². The van der Waals surface area contributed by atoms with Gasteiger partial charge in [-0.1, -0.05) is 6.92 Å². The maximum atomic E-state index is 11.8. The molecule has 1 saturated heterocycles. The Morgan fingerprint density at radius 2 is 2.04 bits per heavy atom. The number of ether oxygens (including phenoxy) is 2. The van der Waals surface area contributed by atoms with E-state index in [4.69, 9.17) is 27.0 Å². The number of carboxylic acid groups (broad SMARTS) is 1. The average Bonchev–Trinajstić information content (AvgIpc) is 2.90. The lowest BCUT2D eigenvalue weighted by atomic mass is 9.96. The number of aliphatic hydroxyl groups is 1. The van der Waals surface area contributed by atoms with Gasteiger partial charge in [-0.2, -0.15) is 0 Å². The summed E-state index contributed by atoms with van der Waals surface area (Å²) in [5.41, 5.74) is 0. The summed E-state index contributed by atoms with van der Waals surface area (Å²) >= 11 is 0. The normalized spacial score (nSPS) is 39.0. The molecule has 2 radical (unpaired) electrons. The highest BCUT2D eigenvalue weighted by molar-refractivity contribution is 7.53. The predicted octanol–water partition coefficient (Wildman–Crippen LogP) is 0.349. The Bertz CT molecular complexity index is 489. The van der Waals surface area contributed by atoms with Gasteiger partial charge in [0.05, 0.1) is 25.4 Å². The molecule has 2 rings (SSSR count). The van der Waals surface area contributed by atoms with Gasteiger partial charge in [-0.05, 0) is 25.2 Å². The fourth-order valence-electron chi connectivity index (χ4n) is 3.32. The lowest BCUT2D eigenvalue weighted by molar-refractivity contribution is -0.134. The summed E-state index contributed by atoms with van der Waals surface area (Å²) in [6.45, 7) is 2.46. The van der Waals surface area contributed by atoms with Gasteiger partial charge in [-0.25, -0.2) is 0 Å². The van der Waals surface area contributed by atoms with Gasteiger partial charge < -0.3 is 29.1 Å². The van der Waals surface area contributed by atoms with Crippen LogP contribution in [0.4, 0.5) is 0 Å². The van der Waals surface area contributed by atoms with Crippen LogP contribution in [0.1, 0.15) is 26.2 Å². The van der Waals surface area contributed by atoms with Crippen LogP contribution in [0.2, 0.25) is 0 Å². The van der Waals surface area contributed by atoms with Gasteiger partial charge in [-0.15, -0.1) is 0 Å². The van der Waals surface area contributed by atoms with E-state index in [-0.39, 0.29) is 25.0 Å². The predicted molar refractivity (Wildman–Crippen MR) is 84.9 cm³/mol. The largest absolute Gasteiger partial charge is 0.481 e. The van der Waals surface area contributed by atoms with E-state index in [0.717, 1.165) is 6.42 Å². The minimum absolute atomic E-state index is 0.110. The minimum Gasteiger partial charge on any atom is -0.481 e. The van der Waals surface area contributed by atoms with Gasteiger partial charge in [0, 0.05) is 11.9 Å². The maximum absolute atomic E-state index is 11.8. The van der Waals surface area contributed by atoms with Crippen molar-refractivity contribution in [2.24, 2.45) is 11.8 Å². The third-order valence-corrected chi connectivity index (χ3v) is 5.64. The minimum atomic E-state index is -4.17. The highest BCUT2D eigenvalue weighted by Crippen LogP contribution is 2.48. The van der Waals surface area contributed by atoms with Crippen LogP contribution in [-0.4, -0.2) is 72.6 Å². The van der Waals surface area contributed by atoms with Gasteiger partial charge in [0.2, 0.25) is 0 Å². The molecular weight excluding hydrogens is 338 g/mol. The van der Waals surface area contributed by atoms with Crippen molar-refractivity contribution in [2.75, 3.05) is 19.4 Å². The first kappa shape index (κ1) is 19.9. The van der Waals surface area contributed by atoms with Crippen LogP contribution in [0, 0.1) is 11.8 Å². The SMILES string of the molecule is [B]C1CC(O)C(COCC2C[C@@H](C)CC2OP(=O)(O)CC(=O)O)O1. The molecule has 136 valence electrons. The van der Waals surface area contributed by atoms with Crippen molar-refractivity contribution >= 4 is 21.4 Å². The summed E-state index contributed by atoms with van der Waals surface area (Å²) in [7, 11) is 1.43. The quantitative estimate of drug-likeness (QED) is 0.418. The van der Waals surface area contributed by atoms with Gasteiger partial charge in [0.1, 0.15) is 20.1 Å². The van der Waals surface area contributed by atoms with Crippen LogP contribution < -0.4 is 0 Å². The highest BCUT2D eigenvalue weighted by Gasteiger charge is 2.39. The van der Waals surface area contributed by atoms with E-state index in [1.807, 2.05) is 6.92 Å². The molecule has 0 aromatic rings. The lowest BCUT2D eigenvalue weighted by Gasteiger charge is -2.23. The second-order valence-electron chi connectivity index (χ2n) is 6.72. The van der Waals surface area contributed by atoms with Crippen LogP contribution in [-0.2, 0) is 23.4 Å². The van der Waals surface area contributed by atoms with Crippen LogP contribution in [0.25, 0.3) is 0 Å². The Morgan fingerprint density at radius 1 is 1.33 bits per heavy atom. The summed E-state index contributed by atoms with van der Waals surface area (Å²) in [6.07, 6.45) is -0.880. The molecular formula is C14H24BO8P.